The van der Waals surface area contributed by atoms with Gasteiger partial charge in [0.25, 0.3) is 5.91 Å². The van der Waals surface area contributed by atoms with E-state index in [4.69, 9.17) is 4.74 Å². The monoisotopic (exact) mass is 509 g/mol. The minimum atomic E-state index is -1.26. The number of aliphatic hydroxyl groups is 1. The smallest absolute Gasteiger partial charge is 0.408 e. The van der Waals surface area contributed by atoms with Crippen LogP contribution in [0.1, 0.15) is 62.4 Å². The SMILES string of the molecule is Cc1ccc(C(C(=O)Nc2c(C)cccc2C)N(C(=O)C(CO)NC(=O)OC(C)(C)C)C2CC2C)cc1. The molecule has 200 valence electrons. The van der Waals surface area contributed by atoms with Crippen LogP contribution >= 0.6 is 0 Å². The lowest BCUT2D eigenvalue weighted by molar-refractivity contribution is -0.142. The molecule has 0 heterocycles. The molecular weight excluding hydrogens is 470 g/mol. The molecule has 1 saturated carbocycles. The summed E-state index contributed by atoms with van der Waals surface area (Å²) in [5, 5.41) is 15.6. The lowest BCUT2D eigenvalue weighted by atomic mass is 10.00. The van der Waals surface area contributed by atoms with Gasteiger partial charge in [0.2, 0.25) is 5.91 Å². The standard InChI is InChI=1S/C29H39N3O5/c1-17-11-13-21(14-12-17)25(26(34)31-24-18(2)9-8-10-19(24)3)32(23-15-20(23)4)27(35)22(16-33)30-28(36)37-29(5,6)7/h8-14,20,22-23,25,33H,15-16H2,1-7H3,(H,30,36)(H,31,34). The molecule has 0 aromatic heterocycles. The fourth-order valence-corrected chi connectivity index (χ4v) is 4.38. The second kappa shape index (κ2) is 11.3. The first kappa shape index (κ1) is 28.2. The van der Waals surface area contributed by atoms with Crippen molar-refractivity contribution in [2.45, 2.75) is 78.6 Å². The zero-order chi connectivity index (χ0) is 27.5. The second-order valence-corrected chi connectivity index (χ2v) is 11.0. The Bertz CT molecular complexity index is 1120. The van der Waals surface area contributed by atoms with Crippen LogP contribution in [0.5, 0.6) is 0 Å². The Labute approximate surface area is 219 Å². The lowest BCUT2D eigenvalue weighted by Crippen LogP contribution is -2.54. The molecule has 1 aliphatic rings. The number of hydrogen-bond donors (Lipinski definition) is 3. The molecule has 3 N–H and O–H groups in total. The lowest BCUT2D eigenvalue weighted by Gasteiger charge is -2.35. The second-order valence-electron chi connectivity index (χ2n) is 11.0. The van der Waals surface area contributed by atoms with Gasteiger partial charge in [-0.25, -0.2) is 4.79 Å². The molecule has 3 rings (SSSR count). The minimum Gasteiger partial charge on any atom is -0.444 e. The third-order valence-corrected chi connectivity index (χ3v) is 6.50. The van der Waals surface area contributed by atoms with Crippen LogP contribution < -0.4 is 10.6 Å². The van der Waals surface area contributed by atoms with Crippen molar-refractivity contribution >= 4 is 23.6 Å². The summed E-state index contributed by atoms with van der Waals surface area (Å²) in [6.45, 7) is 12.3. The molecule has 4 atom stereocenters. The van der Waals surface area contributed by atoms with E-state index in [-0.39, 0.29) is 17.9 Å². The number of benzene rings is 2. The molecule has 4 unspecified atom stereocenters. The topological polar surface area (TPSA) is 108 Å². The van der Waals surface area contributed by atoms with Crippen LogP contribution in [0.3, 0.4) is 0 Å². The number of aliphatic hydroxyl groups excluding tert-OH is 1. The maximum absolute atomic E-state index is 13.9. The summed E-state index contributed by atoms with van der Waals surface area (Å²) in [4.78, 5) is 41.8. The highest BCUT2D eigenvalue weighted by atomic mass is 16.6. The van der Waals surface area contributed by atoms with Gasteiger partial charge in [0.1, 0.15) is 17.7 Å². The number of carbonyl (C=O) groups excluding carboxylic acids is 3. The van der Waals surface area contributed by atoms with Crippen molar-refractivity contribution in [3.63, 3.8) is 0 Å². The highest BCUT2D eigenvalue weighted by molar-refractivity contribution is 6.00. The van der Waals surface area contributed by atoms with Crippen LogP contribution in [0, 0.1) is 26.7 Å². The average Bonchev–Trinajstić information content (AvgIpc) is 3.53. The van der Waals surface area contributed by atoms with E-state index in [0.717, 1.165) is 23.1 Å². The van der Waals surface area contributed by atoms with Crippen molar-refractivity contribution in [3.8, 4) is 0 Å². The predicted molar refractivity (Wildman–Crippen MR) is 143 cm³/mol. The third-order valence-electron chi connectivity index (χ3n) is 6.50. The fourth-order valence-electron chi connectivity index (χ4n) is 4.38. The van der Waals surface area contributed by atoms with Crippen LogP contribution in [0.4, 0.5) is 10.5 Å². The number of nitrogens with zero attached hydrogens (tertiary/aromatic N) is 1. The molecule has 1 aliphatic carbocycles. The van der Waals surface area contributed by atoms with E-state index in [1.54, 1.807) is 20.8 Å². The molecule has 0 radical (unpaired) electrons. The first-order valence-electron chi connectivity index (χ1n) is 12.7. The Hall–Kier alpha value is -3.39. The van der Waals surface area contributed by atoms with Crippen LogP contribution in [0.15, 0.2) is 42.5 Å². The highest BCUT2D eigenvalue weighted by Crippen LogP contribution is 2.41. The summed E-state index contributed by atoms with van der Waals surface area (Å²) in [6.07, 6.45) is -0.0920. The number of anilines is 1. The average molecular weight is 510 g/mol. The molecule has 8 heteroatoms. The number of amides is 3. The van der Waals surface area contributed by atoms with Gasteiger partial charge in [0.05, 0.1) is 6.61 Å². The van der Waals surface area contributed by atoms with Gasteiger partial charge in [-0.1, -0.05) is 55.0 Å². The normalized spacial score (nSPS) is 18.4. The minimum absolute atomic E-state index is 0.172. The quantitative estimate of drug-likeness (QED) is 0.488. The van der Waals surface area contributed by atoms with Crippen molar-refractivity contribution in [2.24, 2.45) is 5.92 Å². The van der Waals surface area contributed by atoms with Crippen LogP contribution in [0.25, 0.3) is 0 Å². The number of carbonyl (C=O) groups is 3. The maximum atomic E-state index is 13.9. The van der Waals surface area contributed by atoms with Gasteiger partial charge < -0.3 is 25.4 Å². The summed E-state index contributed by atoms with van der Waals surface area (Å²) in [5.41, 5.74) is 3.42. The molecule has 0 bridgehead atoms. The Morgan fingerprint density at radius 3 is 2.11 bits per heavy atom. The first-order chi connectivity index (χ1) is 17.3. The largest absolute Gasteiger partial charge is 0.444 e. The van der Waals surface area contributed by atoms with E-state index in [0.29, 0.717) is 11.3 Å². The number of nitrogens with one attached hydrogen (secondary N) is 2. The zero-order valence-electron chi connectivity index (χ0n) is 22.8. The Balaban J connectivity index is 2.00. The molecule has 0 aliphatic heterocycles. The zero-order valence-corrected chi connectivity index (χ0v) is 22.8. The highest BCUT2D eigenvalue weighted by Gasteiger charge is 2.48. The molecule has 2 aromatic rings. The van der Waals surface area contributed by atoms with Crippen LogP contribution in [-0.4, -0.2) is 52.2 Å². The number of ether oxygens (including phenoxy) is 1. The van der Waals surface area contributed by atoms with Crippen LogP contribution in [-0.2, 0) is 14.3 Å². The van der Waals surface area contributed by atoms with Gasteiger partial charge in [0.15, 0.2) is 0 Å². The number of aryl methyl sites for hydroxylation is 3. The summed E-state index contributed by atoms with van der Waals surface area (Å²) in [5.74, 6) is -0.724. The number of alkyl carbamates (subject to hydrolysis) is 1. The van der Waals surface area contributed by atoms with Crippen LogP contribution in [0.2, 0.25) is 0 Å². The van der Waals surface area contributed by atoms with Crippen molar-refractivity contribution in [2.75, 3.05) is 11.9 Å². The van der Waals surface area contributed by atoms with E-state index in [1.165, 1.54) is 4.90 Å². The van der Waals surface area contributed by atoms with Crippen molar-refractivity contribution < 1.29 is 24.2 Å². The summed E-state index contributed by atoms with van der Waals surface area (Å²) < 4.78 is 5.30. The van der Waals surface area contributed by atoms with Crippen molar-refractivity contribution in [1.29, 1.82) is 0 Å². The fraction of sp³-hybridized carbons (Fsp3) is 0.483. The van der Waals surface area contributed by atoms with Gasteiger partial charge in [-0.05, 0) is 70.6 Å². The molecular formula is C29H39N3O5. The summed E-state index contributed by atoms with van der Waals surface area (Å²) in [6, 6.07) is 10.8. The maximum Gasteiger partial charge on any atom is 0.408 e. The molecule has 1 fully saturated rings. The first-order valence-corrected chi connectivity index (χ1v) is 12.7. The van der Waals surface area contributed by atoms with E-state index < -0.39 is 36.3 Å². The van der Waals surface area contributed by atoms with Gasteiger partial charge in [-0.2, -0.15) is 0 Å². The summed E-state index contributed by atoms with van der Waals surface area (Å²) in [7, 11) is 0. The van der Waals surface area contributed by atoms with Gasteiger partial charge in [0, 0.05) is 11.7 Å². The number of hydrogen-bond acceptors (Lipinski definition) is 5. The van der Waals surface area contributed by atoms with Gasteiger partial charge in [-0.15, -0.1) is 0 Å². The third kappa shape index (κ3) is 7.10. The van der Waals surface area contributed by atoms with Gasteiger partial charge in [-0.3, -0.25) is 9.59 Å². The summed E-state index contributed by atoms with van der Waals surface area (Å²) >= 11 is 0. The van der Waals surface area contributed by atoms with E-state index >= 15 is 0 Å². The number of rotatable bonds is 8. The molecule has 3 amide bonds. The molecule has 2 aromatic carbocycles. The Morgan fingerprint density at radius 2 is 1.62 bits per heavy atom. The molecule has 8 nitrogen and oxygen atoms in total. The molecule has 0 saturated heterocycles. The van der Waals surface area contributed by atoms with E-state index in [1.807, 2.05) is 70.2 Å². The number of para-hydroxylation sites is 1. The van der Waals surface area contributed by atoms with E-state index in [2.05, 4.69) is 10.6 Å². The molecule has 0 spiro atoms. The van der Waals surface area contributed by atoms with Crippen molar-refractivity contribution in [1.82, 2.24) is 10.2 Å². The predicted octanol–water partition coefficient (Wildman–Crippen LogP) is 4.41. The van der Waals surface area contributed by atoms with E-state index in [9.17, 15) is 19.5 Å². The van der Waals surface area contributed by atoms with Crippen molar-refractivity contribution in [3.05, 3.63) is 64.7 Å². The Kier molecular flexibility index (Phi) is 8.64. The molecule has 37 heavy (non-hydrogen) atoms. The Morgan fingerprint density at radius 1 is 1.05 bits per heavy atom. The van der Waals surface area contributed by atoms with Gasteiger partial charge >= 0.3 is 6.09 Å².